The highest BCUT2D eigenvalue weighted by Gasteiger charge is 1.78. The highest BCUT2D eigenvalue weighted by molar-refractivity contribution is 8.93. The standard InChI is InChI=1S/C6H14N2.2BrH/c1-8(2)6-4-3-5-7;;/h3-4H,5-7H2,1-2H3;2*1H/b4-3+;;. The van der Waals surface area contributed by atoms with Crippen molar-refractivity contribution in [2.75, 3.05) is 27.2 Å². The highest BCUT2D eigenvalue weighted by atomic mass is 79.9. The molecular weight excluding hydrogens is 260 g/mol. The first-order chi connectivity index (χ1) is 3.77. The largest absolute Gasteiger partial charge is 0.327 e. The van der Waals surface area contributed by atoms with E-state index < -0.39 is 0 Å². The Morgan fingerprint density at radius 1 is 1.20 bits per heavy atom. The van der Waals surface area contributed by atoms with E-state index in [1.165, 1.54) is 0 Å². The maximum Gasteiger partial charge on any atom is 0.0157 e. The van der Waals surface area contributed by atoms with E-state index >= 15 is 0 Å². The van der Waals surface area contributed by atoms with Gasteiger partial charge < -0.3 is 10.6 Å². The Balaban J connectivity index is -0.000000245. The molecule has 0 saturated carbocycles. The maximum absolute atomic E-state index is 5.21. The molecule has 0 aliphatic rings. The Bertz CT molecular complexity index is 74.1. The molecule has 0 aromatic carbocycles. The molecule has 0 unspecified atom stereocenters. The molecule has 0 aromatic heterocycles. The molecule has 64 valence electrons. The summed E-state index contributed by atoms with van der Waals surface area (Å²) in [6.45, 7) is 1.63. The molecule has 0 amide bonds. The van der Waals surface area contributed by atoms with E-state index in [2.05, 4.69) is 11.0 Å². The fourth-order valence-corrected chi connectivity index (χ4v) is 0.382. The third-order valence-corrected chi connectivity index (χ3v) is 0.773. The van der Waals surface area contributed by atoms with Crippen LogP contribution in [0.2, 0.25) is 0 Å². The number of nitrogens with two attached hydrogens (primary N) is 1. The van der Waals surface area contributed by atoms with Crippen LogP contribution in [-0.4, -0.2) is 32.1 Å². The summed E-state index contributed by atoms with van der Waals surface area (Å²) < 4.78 is 0. The zero-order valence-corrected chi connectivity index (χ0v) is 9.84. The third-order valence-electron chi connectivity index (χ3n) is 0.773. The number of halogens is 2. The zero-order valence-electron chi connectivity index (χ0n) is 6.41. The van der Waals surface area contributed by atoms with Crippen molar-refractivity contribution in [1.82, 2.24) is 4.90 Å². The van der Waals surface area contributed by atoms with Gasteiger partial charge in [-0.25, -0.2) is 0 Å². The second kappa shape index (κ2) is 12.3. The van der Waals surface area contributed by atoms with Gasteiger partial charge in [-0.3, -0.25) is 0 Å². The van der Waals surface area contributed by atoms with Crippen molar-refractivity contribution in [3.05, 3.63) is 12.2 Å². The van der Waals surface area contributed by atoms with E-state index in [4.69, 9.17) is 5.73 Å². The van der Waals surface area contributed by atoms with Gasteiger partial charge in [-0.1, -0.05) is 12.2 Å². The molecule has 0 saturated heterocycles. The average Bonchev–Trinajstić information content (AvgIpc) is 1.66. The van der Waals surface area contributed by atoms with Crippen LogP contribution in [0.1, 0.15) is 0 Å². The molecule has 0 atom stereocenters. The van der Waals surface area contributed by atoms with E-state index in [0.717, 1.165) is 6.54 Å². The Labute approximate surface area is 84.0 Å². The van der Waals surface area contributed by atoms with Crippen LogP contribution in [0.4, 0.5) is 0 Å². The van der Waals surface area contributed by atoms with Crippen LogP contribution < -0.4 is 5.73 Å². The second-order valence-corrected chi connectivity index (χ2v) is 1.97. The number of nitrogens with zero attached hydrogens (tertiary/aromatic N) is 1. The predicted molar refractivity (Wildman–Crippen MR) is 57.4 cm³/mol. The smallest absolute Gasteiger partial charge is 0.0157 e. The van der Waals surface area contributed by atoms with Gasteiger partial charge >= 0.3 is 0 Å². The SMILES string of the molecule is Br.Br.CN(C)C/C=C/CN. The Morgan fingerprint density at radius 3 is 2.00 bits per heavy atom. The van der Waals surface area contributed by atoms with Crippen LogP contribution in [0.15, 0.2) is 12.2 Å². The summed E-state index contributed by atoms with van der Waals surface area (Å²) in [6, 6.07) is 0. The van der Waals surface area contributed by atoms with Crippen molar-refractivity contribution in [1.29, 1.82) is 0 Å². The number of likely N-dealkylation sites (N-methyl/N-ethyl adjacent to an activating group) is 1. The van der Waals surface area contributed by atoms with Gasteiger partial charge in [0.2, 0.25) is 0 Å². The van der Waals surface area contributed by atoms with Gasteiger partial charge in [0.05, 0.1) is 0 Å². The van der Waals surface area contributed by atoms with Crippen LogP contribution in [-0.2, 0) is 0 Å². The van der Waals surface area contributed by atoms with Crippen molar-refractivity contribution in [3.8, 4) is 0 Å². The van der Waals surface area contributed by atoms with Gasteiger partial charge in [0, 0.05) is 13.1 Å². The van der Waals surface area contributed by atoms with Crippen LogP contribution in [0.5, 0.6) is 0 Å². The van der Waals surface area contributed by atoms with E-state index in [1.807, 2.05) is 20.2 Å². The first-order valence-corrected chi connectivity index (χ1v) is 2.77. The minimum Gasteiger partial charge on any atom is -0.327 e. The first kappa shape index (κ1) is 16.9. The van der Waals surface area contributed by atoms with E-state index in [0.29, 0.717) is 6.54 Å². The van der Waals surface area contributed by atoms with Crippen LogP contribution in [0, 0.1) is 0 Å². The highest BCUT2D eigenvalue weighted by Crippen LogP contribution is 1.74. The lowest BCUT2D eigenvalue weighted by Crippen LogP contribution is -2.10. The minimum absolute atomic E-state index is 0. The molecule has 0 spiro atoms. The third kappa shape index (κ3) is 15.8. The summed E-state index contributed by atoms with van der Waals surface area (Å²) in [4.78, 5) is 2.09. The van der Waals surface area contributed by atoms with Crippen LogP contribution in [0.25, 0.3) is 0 Å². The fourth-order valence-electron chi connectivity index (χ4n) is 0.382. The number of rotatable bonds is 3. The van der Waals surface area contributed by atoms with Crippen molar-refractivity contribution in [2.24, 2.45) is 5.73 Å². The fraction of sp³-hybridized carbons (Fsp3) is 0.667. The Kier molecular flexibility index (Phi) is 20.8. The molecule has 0 bridgehead atoms. The summed E-state index contributed by atoms with van der Waals surface area (Å²) in [5, 5.41) is 0. The second-order valence-electron chi connectivity index (χ2n) is 1.97. The summed E-state index contributed by atoms with van der Waals surface area (Å²) in [5.41, 5.74) is 5.21. The molecule has 0 heterocycles. The van der Waals surface area contributed by atoms with Crippen molar-refractivity contribution < 1.29 is 0 Å². The molecule has 0 rings (SSSR count). The van der Waals surface area contributed by atoms with Crippen molar-refractivity contribution in [3.63, 3.8) is 0 Å². The molecule has 2 nitrogen and oxygen atoms in total. The van der Waals surface area contributed by atoms with Crippen molar-refractivity contribution >= 4 is 34.0 Å². The lowest BCUT2D eigenvalue weighted by molar-refractivity contribution is 0.456. The Hall–Kier alpha value is 0.620. The lowest BCUT2D eigenvalue weighted by atomic mass is 10.5. The van der Waals surface area contributed by atoms with Gasteiger partial charge in [-0.2, -0.15) is 0 Å². The van der Waals surface area contributed by atoms with Gasteiger partial charge in [0.1, 0.15) is 0 Å². The summed E-state index contributed by atoms with van der Waals surface area (Å²) in [5.74, 6) is 0. The average molecular weight is 276 g/mol. The van der Waals surface area contributed by atoms with Gasteiger partial charge in [-0.15, -0.1) is 34.0 Å². The minimum atomic E-state index is 0. The Morgan fingerprint density at radius 2 is 1.70 bits per heavy atom. The molecule has 4 heteroatoms. The first-order valence-electron chi connectivity index (χ1n) is 2.77. The molecule has 0 aliphatic carbocycles. The normalized spacial score (nSPS) is 9.20. The number of hydrogen-bond donors (Lipinski definition) is 1. The predicted octanol–water partition coefficient (Wildman–Crippen LogP) is 1.22. The van der Waals surface area contributed by atoms with E-state index in [9.17, 15) is 0 Å². The lowest BCUT2D eigenvalue weighted by Gasteiger charge is -2.02. The van der Waals surface area contributed by atoms with Crippen LogP contribution >= 0.6 is 34.0 Å². The summed E-state index contributed by atoms with van der Waals surface area (Å²) in [6.07, 6.45) is 4.01. The van der Waals surface area contributed by atoms with Gasteiger partial charge in [0.25, 0.3) is 0 Å². The zero-order chi connectivity index (χ0) is 6.41. The molecule has 2 N–H and O–H groups in total. The topological polar surface area (TPSA) is 29.3 Å². The molecule has 0 radical (unpaired) electrons. The molecule has 0 aliphatic heterocycles. The van der Waals surface area contributed by atoms with Gasteiger partial charge in [0.15, 0.2) is 0 Å². The molecular formula is C6H16Br2N2. The summed E-state index contributed by atoms with van der Waals surface area (Å²) in [7, 11) is 4.06. The monoisotopic (exact) mass is 274 g/mol. The molecule has 0 aromatic rings. The van der Waals surface area contributed by atoms with Crippen molar-refractivity contribution in [2.45, 2.75) is 0 Å². The van der Waals surface area contributed by atoms with Crippen LogP contribution in [0.3, 0.4) is 0 Å². The molecule has 10 heavy (non-hydrogen) atoms. The van der Waals surface area contributed by atoms with Gasteiger partial charge in [-0.05, 0) is 14.1 Å². The van der Waals surface area contributed by atoms with E-state index in [-0.39, 0.29) is 34.0 Å². The number of hydrogen-bond acceptors (Lipinski definition) is 2. The molecule has 0 fully saturated rings. The van der Waals surface area contributed by atoms with E-state index in [1.54, 1.807) is 0 Å². The summed E-state index contributed by atoms with van der Waals surface area (Å²) >= 11 is 0. The quantitative estimate of drug-likeness (QED) is 0.785. The maximum atomic E-state index is 5.21.